The number of carbonyl (C=O) groups excluding carboxylic acids is 2. The van der Waals surface area contributed by atoms with E-state index in [0.29, 0.717) is 5.02 Å². The van der Waals surface area contributed by atoms with Crippen molar-refractivity contribution in [2.24, 2.45) is 0 Å². The van der Waals surface area contributed by atoms with Gasteiger partial charge < -0.3 is 10.1 Å². The number of esters is 1. The second-order valence-corrected chi connectivity index (χ2v) is 7.01. The summed E-state index contributed by atoms with van der Waals surface area (Å²) in [5.41, 5.74) is 2.00. The Labute approximate surface area is 156 Å². The fraction of sp³-hybridized carbons (Fsp3) is 0.263. The molecular weight excluding hydrogens is 358 g/mol. The van der Waals surface area contributed by atoms with E-state index in [1.54, 1.807) is 12.1 Å². The number of hydrogen-bond acceptors (Lipinski definition) is 4. The fourth-order valence-corrected chi connectivity index (χ4v) is 3.21. The summed E-state index contributed by atoms with van der Waals surface area (Å²) in [7, 11) is 0. The summed E-state index contributed by atoms with van der Waals surface area (Å²) in [5, 5.41) is 3.39. The zero-order chi connectivity index (χ0) is 18.2. The molecule has 0 saturated heterocycles. The Hall–Kier alpha value is -1.98. The highest BCUT2D eigenvalue weighted by Gasteiger charge is 2.12. The largest absolute Gasteiger partial charge is 0.455 e. The van der Waals surface area contributed by atoms with Crippen molar-refractivity contribution >= 4 is 35.2 Å². The van der Waals surface area contributed by atoms with Crippen molar-refractivity contribution < 1.29 is 14.3 Å². The lowest BCUT2D eigenvalue weighted by Crippen LogP contribution is -2.31. The molecule has 1 amide bonds. The van der Waals surface area contributed by atoms with E-state index in [-0.39, 0.29) is 24.3 Å². The maximum atomic E-state index is 11.9. The number of ether oxygens (including phenoxy) is 1. The molecule has 0 aliphatic carbocycles. The molecule has 25 heavy (non-hydrogen) atoms. The molecule has 132 valence electrons. The van der Waals surface area contributed by atoms with Gasteiger partial charge in [-0.15, -0.1) is 11.8 Å². The Bertz CT molecular complexity index is 751. The van der Waals surface area contributed by atoms with Crippen molar-refractivity contribution in [3.05, 3.63) is 64.7 Å². The van der Waals surface area contributed by atoms with Crippen LogP contribution in [0.4, 0.5) is 0 Å². The zero-order valence-corrected chi connectivity index (χ0v) is 15.7. The van der Waals surface area contributed by atoms with E-state index < -0.39 is 5.97 Å². The normalized spacial score (nSPS) is 11.6. The average Bonchev–Trinajstić information content (AvgIpc) is 2.59. The second-order valence-electron chi connectivity index (χ2n) is 5.56. The highest BCUT2D eigenvalue weighted by Crippen LogP contribution is 2.21. The summed E-state index contributed by atoms with van der Waals surface area (Å²) in [5.74, 6) is -0.595. The van der Waals surface area contributed by atoms with E-state index in [1.165, 1.54) is 11.8 Å². The molecule has 1 atom stereocenters. The molecule has 0 bridgehead atoms. The highest BCUT2D eigenvalue weighted by molar-refractivity contribution is 8.00. The first-order valence-corrected chi connectivity index (χ1v) is 9.21. The molecule has 0 aliphatic heterocycles. The molecule has 2 aromatic rings. The molecule has 4 nitrogen and oxygen atoms in total. The number of aryl methyl sites for hydroxylation is 1. The first kappa shape index (κ1) is 19.3. The van der Waals surface area contributed by atoms with Crippen molar-refractivity contribution in [3.63, 3.8) is 0 Å². The summed E-state index contributed by atoms with van der Waals surface area (Å²) >= 11 is 7.34. The third kappa shape index (κ3) is 6.44. The lowest BCUT2D eigenvalue weighted by atomic mass is 10.1. The van der Waals surface area contributed by atoms with Crippen LogP contribution in [-0.2, 0) is 14.3 Å². The summed E-state index contributed by atoms with van der Waals surface area (Å²) in [6.45, 7) is 3.54. The molecule has 0 heterocycles. The molecule has 2 aromatic carbocycles. The molecule has 0 unspecified atom stereocenters. The highest BCUT2D eigenvalue weighted by atomic mass is 35.5. The minimum absolute atomic E-state index is 0.169. The van der Waals surface area contributed by atoms with E-state index in [1.807, 2.05) is 50.2 Å². The van der Waals surface area contributed by atoms with Crippen LogP contribution in [0.3, 0.4) is 0 Å². The van der Waals surface area contributed by atoms with Crippen LogP contribution < -0.4 is 5.32 Å². The predicted molar refractivity (Wildman–Crippen MR) is 101 cm³/mol. The third-order valence-electron chi connectivity index (χ3n) is 3.53. The number of hydrogen-bond donors (Lipinski definition) is 1. The second kappa shape index (κ2) is 9.49. The molecule has 0 saturated carbocycles. The van der Waals surface area contributed by atoms with Crippen LogP contribution in [0.15, 0.2) is 53.4 Å². The maximum absolute atomic E-state index is 11.9. The van der Waals surface area contributed by atoms with Crippen LogP contribution in [0, 0.1) is 6.92 Å². The Morgan fingerprint density at radius 2 is 1.96 bits per heavy atom. The maximum Gasteiger partial charge on any atom is 0.316 e. The van der Waals surface area contributed by atoms with Crippen LogP contribution in [0.2, 0.25) is 5.02 Å². The lowest BCUT2D eigenvalue weighted by molar-refractivity contribution is -0.146. The minimum atomic E-state index is -0.418. The molecule has 0 aromatic heterocycles. The third-order valence-corrected chi connectivity index (χ3v) is 4.91. The van der Waals surface area contributed by atoms with Gasteiger partial charge in [0.1, 0.15) is 0 Å². The lowest BCUT2D eigenvalue weighted by Gasteiger charge is -2.14. The van der Waals surface area contributed by atoms with Gasteiger partial charge in [-0.25, -0.2) is 0 Å². The van der Waals surface area contributed by atoms with Gasteiger partial charge in [-0.2, -0.15) is 0 Å². The number of thioether (sulfide) groups is 1. The van der Waals surface area contributed by atoms with Crippen molar-refractivity contribution in [1.29, 1.82) is 0 Å². The Kier molecular flexibility index (Phi) is 7.34. The first-order chi connectivity index (χ1) is 12.0. The summed E-state index contributed by atoms with van der Waals surface area (Å²) in [6.07, 6.45) is 0. The summed E-state index contributed by atoms with van der Waals surface area (Å²) < 4.78 is 5.03. The Balaban J connectivity index is 1.74. The Morgan fingerprint density at radius 3 is 2.68 bits per heavy atom. The van der Waals surface area contributed by atoms with Crippen LogP contribution in [-0.4, -0.2) is 24.2 Å². The molecule has 1 N–H and O–H groups in total. The van der Waals surface area contributed by atoms with Gasteiger partial charge in [-0.05, 0) is 43.2 Å². The number of amides is 1. The quantitative estimate of drug-likeness (QED) is 0.581. The molecule has 0 spiro atoms. The predicted octanol–water partition coefficient (Wildman–Crippen LogP) is 4.16. The van der Waals surface area contributed by atoms with E-state index >= 15 is 0 Å². The van der Waals surface area contributed by atoms with Crippen molar-refractivity contribution in [3.8, 4) is 0 Å². The minimum Gasteiger partial charge on any atom is -0.455 e. The van der Waals surface area contributed by atoms with Gasteiger partial charge in [0.05, 0.1) is 11.8 Å². The molecule has 6 heteroatoms. The molecule has 0 fully saturated rings. The fourth-order valence-electron chi connectivity index (χ4n) is 2.19. The van der Waals surface area contributed by atoms with Gasteiger partial charge in [0, 0.05) is 9.92 Å². The summed E-state index contributed by atoms with van der Waals surface area (Å²) in [6, 6.07) is 14.8. The van der Waals surface area contributed by atoms with Gasteiger partial charge in [0.2, 0.25) is 0 Å². The van der Waals surface area contributed by atoms with Gasteiger partial charge in [0.25, 0.3) is 5.91 Å². The smallest absolute Gasteiger partial charge is 0.316 e. The van der Waals surface area contributed by atoms with E-state index in [4.69, 9.17) is 16.3 Å². The monoisotopic (exact) mass is 377 g/mol. The number of carbonyl (C=O) groups is 2. The van der Waals surface area contributed by atoms with Gasteiger partial charge in [-0.3, -0.25) is 9.59 Å². The van der Waals surface area contributed by atoms with E-state index in [2.05, 4.69) is 5.32 Å². The van der Waals surface area contributed by atoms with Crippen LogP contribution in [0.5, 0.6) is 0 Å². The standard InChI is InChI=1S/C19H20ClNO3S/c1-13-6-3-4-9-17(13)25-12-19(23)24-11-18(22)21-14(2)15-7-5-8-16(20)10-15/h3-10,14H,11-12H2,1-2H3,(H,21,22)/t14-/m1/s1. The van der Waals surface area contributed by atoms with Gasteiger partial charge >= 0.3 is 5.97 Å². The van der Waals surface area contributed by atoms with Crippen LogP contribution in [0.1, 0.15) is 24.1 Å². The topological polar surface area (TPSA) is 55.4 Å². The van der Waals surface area contributed by atoms with Crippen molar-refractivity contribution in [1.82, 2.24) is 5.32 Å². The molecule has 0 radical (unpaired) electrons. The van der Waals surface area contributed by atoms with Crippen molar-refractivity contribution in [2.75, 3.05) is 12.4 Å². The number of rotatable bonds is 7. The van der Waals surface area contributed by atoms with Crippen molar-refractivity contribution in [2.45, 2.75) is 24.8 Å². The molecule has 2 rings (SSSR count). The number of nitrogens with one attached hydrogen (secondary N) is 1. The van der Waals surface area contributed by atoms with Gasteiger partial charge in [-0.1, -0.05) is 41.9 Å². The summed E-state index contributed by atoms with van der Waals surface area (Å²) in [4.78, 5) is 24.7. The molecule has 0 aliphatic rings. The number of halogens is 1. The Morgan fingerprint density at radius 1 is 1.20 bits per heavy atom. The van der Waals surface area contributed by atoms with Crippen LogP contribution >= 0.6 is 23.4 Å². The number of benzene rings is 2. The zero-order valence-electron chi connectivity index (χ0n) is 14.1. The average molecular weight is 378 g/mol. The van der Waals surface area contributed by atoms with E-state index in [0.717, 1.165) is 16.0 Å². The van der Waals surface area contributed by atoms with Gasteiger partial charge in [0.15, 0.2) is 6.61 Å². The van der Waals surface area contributed by atoms with Crippen LogP contribution in [0.25, 0.3) is 0 Å². The molecular formula is C19H20ClNO3S. The SMILES string of the molecule is Cc1ccccc1SCC(=O)OCC(=O)N[C@H](C)c1cccc(Cl)c1. The van der Waals surface area contributed by atoms with E-state index in [9.17, 15) is 9.59 Å². The first-order valence-electron chi connectivity index (χ1n) is 7.84.